The lowest BCUT2D eigenvalue weighted by Crippen LogP contribution is -2.15. The molecule has 0 saturated carbocycles. The van der Waals surface area contributed by atoms with Crippen molar-refractivity contribution in [1.29, 1.82) is 0 Å². The molecule has 0 fully saturated rings. The van der Waals surface area contributed by atoms with Crippen LogP contribution in [-0.4, -0.2) is 31.7 Å². The van der Waals surface area contributed by atoms with Gasteiger partial charge in [-0.2, -0.15) is 11.8 Å². The molecule has 0 aromatic carbocycles. The van der Waals surface area contributed by atoms with E-state index < -0.39 is 0 Å². The number of rotatable bonds is 7. The number of aryl methyl sites for hydroxylation is 1. The molecule has 0 amide bonds. The number of fused-ring (bicyclic) bond motifs is 1. The lowest BCUT2D eigenvalue weighted by molar-refractivity contribution is 0.959. The van der Waals surface area contributed by atoms with Crippen molar-refractivity contribution in [3.05, 3.63) is 64.5 Å². The first-order valence-corrected chi connectivity index (χ1v) is 8.96. The second-order valence-electron chi connectivity index (χ2n) is 5.38. The Morgan fingerprint density at radius 3 is 2.92 bits per heavy atom. The normalized spacial score (nSPS) is 10.9. The number of aromatic nitrogens is 4. The van der Waals surface area contributed by atoms with Crippen LogP contribution in [0.2, 0.25) is 0 Å². The van der Waals surface area contributed by atoms with E-state index in [2.05, 4.69) is 20.3 Å². The van der Waals surface area contributed by atoms with Gasteiger partial charge in [0.1, 0.15) is 5.65 Å². The van der Waals surface area contributed by atoms with Crippen molar-refractivity contribution in [1.82, 2.24) is 19.4 Å². The molecule has 24 heavy (non-hydrogen) atoms. The zero-order valence-electron chi connectivity index (χ0n) is 13.5. The summed E-state index contributed by atoms with van der Waals surface area (Å²) in [6.07, 6.45) is 6.19. The van der Waals surface area contributed by atoms with Crippen molar-refractivity contribution >= 4 is 23.4 Å². The number of pyridine rings is 1. The Labute approximate surface area is 144 Å². The average molecular weight is 341 g/mol. The molecule has 7 heteroatoms. The second kappa shape index (κ2) is 7.92. The molecule has 124 valence electrons. The first-order chi connectivity index (χ1) is 11.7. The van der Waals surface area contributed by atoms with E-state index >= 15 is 0 Å². The topological polar surface area (TPSA) is 72.2 Å². The van der Waals surface area contributed by atoms with Gasteiger partial charge in [-0.05, 0) is 36.8 Å². The first kappa shape index (κ1) is 16.4. The summed E-state index contributed by atoms with van der Waals surface area (Å²) in [6, 6.07) is 7.25. The number of thioether (sulfide) groups is 1. The number of anilines is 1. The van der Waals surface area contributed by atoms with E-state index in [4.69, 9.17) is 0 Å². The summed E-state index contributed by atoms with van der Waals surface area (Å²) < 4.78 is 1.59. The molecule has 0 bridgehead atoms. The molecule has 1 N–H and O–H groups in total. The molecule has 0 aliphatic rings. The molecule has 0 saturated heterocycles. The lowest BCUT2D eigenvalue weighted by Gasteiger charge is -2.06. The monoisotopic (exact) mass is 341 g/mol. The third-order valence-electron chi connectivity index (χ3n) is 3.50. The summed E-state index contributed by atoms with van der Waals surface area (Å²) in [6.45, 7) is 2.79. The first-order valence-electron chi connectivity index (χ1n) is 7.80. The van der Waals surface area contributed by atoms with Gasteiger partial charge in [-0.3, -0.25) is 9.20 Å². The largest absolute Gasteiger partial charge is 0.354 e. The van der Waals surface area contributed by atoms with Crippen LogP contribution in [0, 0.1) is 6.92 Å². The highest BCUT2D eigenvalue weighted by atomic mass is 32.2. The van der Waals surface area contributed by atoms with Crippen molar-refractivity contribution in [3.63, 3.8) is 0 Å². The summed E-state index contributed by atoms with van der Waals surface area (Å²) >= 11 is 1.77. The van der Waals surface area contributed by atoms with Crippen molar-refractivity contribution < 1.29 is 0 Å². The number of hydrogen-bond acceptors (Lipinski definition) is 6. The lowest BCUT2D eigenvalue weighted by atomic mass is 10.3. The Morgan fingerprint density at radius 2 is 2.08 bits per heavy atom. The average Bonchev–Trinajstić information content (AvgIpc) is 2.60. The fraction of sp³-hybridized carbons (Fsp3) is 0.294. The Balaban J connectivity index is 1.49. The Kier molecular flexibility index (Phi) is 5.43. The van der Waals surface area contributed by atoms with Gasteiger partial charge in [0.2, 0.25) is 5.95 Å². The van der Waals surface area contributed by atoms with Crippen LogP contribution < -0.4 is 10.9 Å². The SMILES string of the molecule is Cc1cccn2c(=O)cc(CSCCCNc3ncccn3)nc12. The maximum Gasteiger partial charge on any atom is 0.258 e. The minimum atomic E-state index is -0.0257. The summed E-state index contributed by atoms with van der Waals surface area (Å²) in [5.74, 6) is 2.37. The van der Waals surface area contributed by atoms with E-state index in [1.54, 1.807) is 46.9 Å². The molecular formula is C17H19N5OS. The third kappa shape index (κ3) is 4.11. The quantitative estimate of drug-likeness (QED) is 0.666. The number of nitrogens with one attached hydrogen (secondary N) is 1. The van der Waals surface area contributed by atoms with Gasteiger partial charge in [0.15, 0.2) is 0 Å². The number of nitrogens with zero attached hydrogens (tertiary/aromatic N) is 4. The number of hydrogen-bond donors (Lipinski definition) is 1. The Bertz CT molecular complexity index is 866. The molecule has 0 radical (unpaired) electrons. The van der Waals surface area contributed by atoms with E-state index in [1.165, 1.54) is 0 Å². The third-order valence-corrected chi connectivity index (χ3v) is 4.58. The van der Waals surface area contributed by atoms with Gasteiger partial charge in [0.05, 0.1) is 5.69 Å². The summed E-state index contributed by atoms with van der Waals surface area (Å²) in [7, 11) is 0. The maximum atomic E-state index is 12.1. The van der Waals surface area contributed by atoms with Crippen LogP contribution in [0.1, 0.15) is 17.7 Å². The molecule has 0 unspecified atom stereocenters. The molecule has 0 atom stereocenters. The van der Waals surface area contributed by atoms with E-state index in [-0.39, 0.29) is 5.56 Å². The Morgan fingerprint density at radius 1 is 1.25 bits per heavy atom. The van der Waals surface area contributed by atoms with Crippen molar-refractivity contribution in [2.75, 3.05) is 17.6 Å². The second-order valence-corrected chi connectivity index (χ2v) is 6.48. The van der Waals surface area contributed by atoms with Gasteiger partial charge >= 0.3 is 0 Å². The van der Waals surface area contributed by atoms with Crippen LogP contribution in [0.25, 0.3) is 5.65 Å². The van der Waals surface area contributed by atoms with E-state index in [0.29, 0.717) is 5.95 Å². The van der Waals surface area contributed by atoms with Gasteiger partial charge < -0.3 is 5.32 Å². The van der Waals surface area contributed by atoms with Gasteiger partial charge in [0, 0.05) is 37.0 Å². The predicted octanol–water partition coefficient (Wildman–Crippen LogP) is 2.53. The molecule has 6 nitrogen and oxygen atoms in total. The molecule has 0 aliphatic heterocycles. The summed E-state index contributed by atoms with van der Waals surface area (Å²) in [5.41, 5.74) is 2.55. The predicted molar refractivity (Wildman–Crippen MR) is 97.5 cm³/mol. The van der Waals surface area contributed by atoms with Crippen LogP contribution in [0.4, 0.5) is 5.95 Å². The van der Waals surface area contributed by atoms with Crippen LogP contribution in [0.15, 0.2) is 47.7 Å². The summed E-state index contributed by atoms with van der Waals surface area (Å²) in [4.78, 5) is 25.0. The molecule has 0 aliphatic carbocycles. The highest BCUT2D eigenvalue weighted by Gasteiger charge is 2.04. The summed E-state index contributed by atoms with van der Waals surface area (Å²) in [5, 5.41) is 3.18. The van der Waals surface area contributed by atoms with E-state index in [1.807, 2.05) is 19.1 Å². The van der Waals surface area contributed by atoms with E-state index in [0.717, 1.165) is 41.4 Å². The highest BCUT2D eigenvalue weighted by Crippen LogP contribution is 2.12. The van der Waals surface area contributed by atoms with Crippen molar-refractivity contribution in [3.8, 4) is 0 Å². The minimum absolute atomic E-state index is 0.0257. The van der Waals surface area contributed by atoms with Crippen LogP contribution in [0.3, 0.4) is 0 Å². The zero-order valence-corrected chi connectivity index (χ0v) is 14.3. The molecular weight excluding hydrogens is 322 g/mol. The fourth-order valence-electron chi connectivity index (χ4n) is 2.32. The Hall–Kier alpha value is -2.41. The maximum absolute atomic E-state index is 12.1. The highest BCUT2D eigenvalue weighted by molar-refractivity contribution is 7.98. The van der Waals surface area contributed by atoms with Gasteiger partial charge in [-0.15, -0.1) is 0 Å². The molecule has 3 heterocycles. The smallest absolute Gasteiger partial charge is 0.258 e. The van der Waals surface area contributed by atoms with Gasteiger partial charge in [0.25, 0.3) is 5.56 Å². The van der Waals surface area contributed by atoms with Crippen LogP contribution in [0.5, 0.6) is 0 Å². The zero-order chi connectivity index (χ0) is 16.8. The molecule has 3 rings (SSSR count). The van der Waals surface area contributed by atoms with Crippen LogP contribution in [-0.2, 0) is 5.75 Å². The molecule has 3 aromatic heterocycles. The van der Waals surface area contributed by atoms with Crippen LogP contribution >= 0.6 is 11.8 Å². The fourth-order valence-corrected chi connectivity index (χ4v) is 3.17. The van der Waals surface area contributed by atoms with Gasteiger partial charge in [-0.1, -0.05) is 6.07 Å². The molecule has 0 spiro atoms. The molecule has 3 aromatic rings. The van der Waals surface area contributed by atoms with Crippen molar-refractivity contribution in [2.45, 2.75) is 19.1 Å². The van der Waals surface area contributed by atoms with Gasteiger partial charge in [-0.25, -0.2) is 15.0 Å². The minimum Gasteiger partial charge on any atom is -0.354 e. The standard InChI is InChI=1S/C17H19N5OS/c1-13-5-2-9-22-15(23)11-14(21-16(13)22)12-24-10-4-8-20-17-18-6-3-7-19-17/h2-3,5-7,9,11H,4,8,10,12H2,1H3,(H,18,19,20). The van der Waals surface area contributed by atoms with E-state index in [9.17, 15) is 4.79 Å². The van der Waals surface area contributed by atoms with Crippen molar-refractivity contribution in [2.24, 2.45) is 0 Å².